The number of ether oxygens (including phenoxy) is 2. The van der Waals surface area contributed by atoms with E-state index in [-0.39, 0.29) is 6.79 Å². The minimum absolute atomic E-state index is 0.267. The van der Waals surface area contributed by atoms with Crippen molar-refractivity contribution in [3.63, 3.8) is 0 Å². The van der Waals surface area contributed by atoms with Gasteiger partial charge in [0.05, 0.1) is 5.39 Å². The molecule has 0 spiro atoms. The van der Waals surface area contributed by atoms with Gasteiger partial charge in [-0.25, -0.2) is 14.5 Å². The summed E-state index contributed by atoms with van der Waals surface area (Å²) in [5.41, 5.74) is 3.25. The molecule has 7 heteroatoms. The maximum absolute atomic E-state index is 5.47. The van der Waals surface area contributed by atoms with Crippen LogP contribution in [0.5, 0.6) is 11.5 Å². The average molecular weight is 350 g/mol. The van der Waals surface area contributed by atoms with E-state index in [1.807, 2.05) is 29.5 Å². The molecule has 0 fully saturated rings. The van der Waals surface area contributed by atoms with Gasteiger partial charge in [0, 0.05) is 10.4 Å². The SMILES string of the molecule is c1cc2c(cc1-c1nc3c4c5c(sc4ncn3n1)CCCC5)OCO2. The van der Waals surface area contributed by atoms with Crippen molar-refractivity contribution in [1.29, 1.82) is 0 Å². The second-order valence-electron chi connectivity index (χ2n) is 6.41. The van der Waals surface area contributed by atoms with Gasteiger partial charge in [0.1, 0.15) is 11.2 Å². The number of hydrogen-bond acceptors (Lipinski definition) is 6. The second-order valence-corrected chi connectivity index (χ2v) is 7.49. The maximum atomic E-state index is 5.47. The molecule has 6 rings (SSSR count). The molecule has 3 aromatic heterocycles. The highest BCUT2D eigenvalue weighted by atomic mass is 32.1. The minimum Gasteiger partial charge on any atom is -0.454 e. The Hall–Kier alpha value is -2.67. The molecule has 0 radical (unpaired) electrons. The molecule has 0 saturated carbocycles. The number of hydrogen-bond donors (Lipinski definition) is 0. The standard InChI is InChI=1S/C18H14N4O2S/c1-2-4-14-11(3-1)15-17-20-16(21-22(17)8-19-18(15)25-14)10-5-6-12-13(7-10)24-9-23-12/h5-8H,1-4,9H2. The van der Waals surface area contributed by atoms with Crippen LogP contribution < -0.4 is 9.47 Å². The maximum Gasteiger partial charge on any atom is 0.231 e. The number of thiophene rings is 1. The Balaban J connectivity index is 1.58. The van der Waals surface area contributed by atoms with Crippen molar-refractivity contribution in [2.75, 3.05) is 6.79 Å². The lowest BCUT2D eigenvalue weighted by Crippen LogP contribution is -1.99. The first-order chi connectivity index (χ1) is 12.4. The van der Waals surface area contributed by atoms with Crippen LogP contribution in [0.2, 0.25) is 0 Å². The van der Waals surface area contributed by atoms with Crippen LogP contribution in [0.25, 0.3) is 27.3 Å². The van der Waals surface area contributed by atoms with Crippen molar-refractivity contribution in [3.05, 3.63) is 35.0 Å². The van der Waals surface area contributed by atoms with Gasteiger partial charge in [-0.3, -0.25) is 0 Å². The molecule has 2 aliphatic rings. The van der Waals surface area contributed by atoms with Gasteiger partial charge < -0.3 is 9.47 Å². The highest BCUT2D eigenvalue weighted by Gasteiger charge is 2.21. The molecule has 25 heavy (non-hydrogen) atoms. The van der Waals surface area contributed by atoms with Gasteiger partial charge in [-0.1, -0.05) is 0 Å². The van der Waals surface area contributed by atoms with Crippen LogP contribution in [0.15, 0.2) is 24.5 Å². The molecular weight excluding hydrogens is 336 g/mol. The predicted octanol–water partition coefficient (Wildman–Crippen LogP) is 3.61. The normalized spacial score (nSPS) is 15.8. The molecule has 1 aromatic carbocycles. The van der Waals surface area contributed by atoms with Gasteiger partial charge in [0.2, 0.25) is 6.79 Å². The predicted molar refractivity (Wildman–Crippen MR) is 94.4 cm³/mol. The van der Waals surface area contributed by atoms with E-state index in [9.17, 15) is 0 Å². The highest BCUT2D eigenvalue weighted by molar-refractivity contribution is 7.19. The van der Waals surface area contributed by atoms with E-state index in [4.69, 9.17) is 14.5 Å². The monoisotopic (exact) mass is 350 g/mol. The van der Waals surface area contributed by atoms with E-state index in [0.29, 0.717) is 5.82 Å². The first kappa shape index (κ1) is 13.6. The molecule has 0 atom stereocenters. The Kier molecular flexibility index (Phi) is 2.68. The highest BCUT2D eigenvalue weighted by Crippen LogP contribution is 2.38. The molecule has 1 aliphatic carbocycles. The molecule has 0 unspecified atom stereocenters. The second kappa shape index (κ2) is 4.92. The molecule has 124 valence electrons. The van der Waals surface area contributed by atoms with Gasteiger partial charge in [-0.15, -0.1) is 16.4 Å². The molecule has 0 amide bonds. The molecular formula is C18H14N4O2S. The Bertz CT molecular complexity index is 1150. The zero-order chi connectivity index (χ0) is 16.4. The van der Waals surface area contributed by atoms with E-state index < -0.39 is 0 Å². The van der Waals surface area contributed by atoms with E-state index >= 15 is 0 Å². The molecule has 4 heterocycles. The fraction of sp³-hybridized carbons (Fsp3) is 0.278. The molecule has 0 N–H and O–H groups in total. The van der Waals surface area contributed by atoms with E-state index in [1.165, 1.54) is 28.7 Å². The van der Waals surface area contributed by atoms with Crippen molar-refractivity contribution in [2.45, 2.75) is 25.7 Å². The number of rotatable bonds is 1. The third-order valence-corrected chi connectivity index (χ3v) is 6.12. The smallest absolute Gasteiger partial charge is 0.231 e. The van der Waals surface area contributed by atoms with Crippen molar-refractivity contribution in [3.8, 4) is 22.9 Å². The minimum atomic E-state index is 0.267. The first-order valence-corrected chi connectivity index (χ1v) is 9.24. The number of aryl methyl sites for hydroxylation is 2. The quantitative estimate of drug-likeness (QED) is 0.525. The van der Waals surface area contributed by atoms with Crippen LogP contribution in [0.3, 0.4) is 0 Å². The van der Waals surface area contributed by atoms with Crippen molar-refractivity contribution in [2.24, 2.45) is 0 Å². The summed E-state index contributed by atoms with van der Waals surface area (Å²) in [4.78, 5) is 12.0. The fourth-order valence-corrected chi connectivity index (χ4v) is 4.94. The van der Waals surface area contributed by atoms with Crippen LogP contribution in [0.1, 0.15) is 23.3 Å². The molecule has 6 nitrogen and oxygen atoms in total. The fourth-order valence-electron chi connectivity index (χ4n) is 3.71. The van der Waals surface area contributed by atoms with Crippen molar-refractivity contribution < 1.29 is 9.47 Å². The van der Waals surface area contributed by atoms with Gasteiger partial charge >= 0.3 is 0 Å². The van der Waals surface area contributed by atoms with Crippen molar-refractivity contribution >= 4 is 27.2 Å². The van der Waals surface area contributed by atoms with Crippen LogP contribution >= 0.6 is 11.3 Å². The molecule has 0 bridgehead atoms. The number of benzene rings is 1. The zero-order valence-corrected chi connectivity index (χ0v) is 14.2. The summed E-state index contributed by atoms with van der Waals surface area (Å²) < 4.78 is 12.6. The lowest BCUT2D eigenvalue weighted by Gasteiger charge is -2.09. The van der Waals surface area contributed by atoms with Crippen LogP contribution in [0, 0.1) is 0 Å². The van der Waals surface area contributed by atoms with Gasteiger partial charge in [-0.05, 0) is 49.4 Å². The molecule has 4 aromatic rings. The summed E-state index contributed by atoms with van der Waals surface area (Å²) in [5, 5.41) is 5.82. The lowest BCUT2D eigenvalue weighted by atomic mass is 9.97. The zero-order valence-electron chi connectivity index (χ0n) is 13.4. The summed E-state index contributed by atoms with van der Waals surface area (Å²) in [6.45, 7) is 0.267. The third-order valence-electron chi connectivity index (χ3n) is 4.92. The molecule has 0 saturated heterocycles. The van der Waals surface area contributed by atoms with Gasteiger partial charge in [-0.2, -0.15) is 0 Å². The third kappa shape index (κ3) is 1.93. The van der Waals surface area contributed by atoms with E-state index in [0.717, 1.165) is 40.4 Å². The summed E-state index contributed by atoms with van der Waals surface area (Å²) in [6.07, 6.45) is 6.55. The Labute approximate surface area is 147 Å². The number of aromatic nitrogens is 4. The molecule has 1 aliphatic heterocycles. The largest absolute Gasteiger partial charge is 0.454 e. The summed E-state index contributed by atoms with van der Waals surface area (Å²) in [6, 6.07) is 5.81. The van der Waals surface area contributed by atoms with Crippen LogP contribution in [-0.2, 0) is 12.8 Å². The summed E-state index contributed by atoms with van der Waals surface area (Å²) in [7, 11) is 0. The Morgan fingerprint density at radius 1 is 1.08 bits per heavy atom. The first-order valence-electron chi connectivity index (χ1n) is 8.42. The number of nitrogens with zero attached hydrogens (tertiary/aromatic N) is 4. The average Bonchev–Trinajstić information content (AvgIpc) is 3.35. The van der Waals surface area contributed by atoms with Gasteiger partial charge in [0.25, 0.3) is 0 Å². The Morgan fingerprint density at radius 3 is 3.00 bits per heavy atom. The number of fused-ring (bicyclic) bond motifs is 6. The van der Waals surface area contributed by atoms with E-state index in [2.05, 4.69) is 10.1 Å². The lowest BCUT2D eigenvalue weighted by molar-refractivity contribution is 0.174. The van der Waals surface area contributed by atoms with Gasteiger partial charge in [0.15, 0.2) is 23.0 Å². The summed E-state index contributed by atoms with van der Waals surface area (Å²) >= 11 is 1.81. The van der Waals surface area contributed by atoms with Crippen LogP contribution in [-0.4, -0.2) is 26.4 Å². The van der Waals surface area contributed by atoms with Crippen molar-refractivity contribution in [1.82, 2.24) is 19.6 Å². The van der Waals surface area contributed by atoms with Crippen LogP contribution in [0.4, 0.5) is 0 Å². The topological polar surface area (TPSA) is 61.5 Å². The van der Waals surface area contributed by atoms with E-state index in [1.54, 1.807) is 10.8 Å². The Morgan fingerprint density at radius 2 is 2.00 bits per heavy atom. The summed E-state index contributed by atoms with van der Waals surface area (Å²) in [5.74, 6) is 2.19.